The van der Waals surface area contributed by atoms with Gasteiger partial charge in [-0.05, 0) is 24.3 Å². The van der Waals surface area contributed by atoms with Crippen LogP contribution in [0.25, 0.3) is 22.3 Å². The van der Waals surface area contributed by atoms with Gasteiger partial charge in [-0.25, -0.2) is 9.97 Å². The van der Waals surface area contributed by atoms with E-state index >= 15 is 0 Å². The van der Waals surface area contributed by atoms with Crippen molar-refractivity contribution in [3.8, 4) is 11.4 Å². The minimum absolute atomic E-state index is 0. The van der Waals surface area contributed by atoms with Gasteiger partial charge in [0.25, 0.3) is 0 Å². The van der Waals surface area contributed by atoms with Crippen LogP contribution in [0.2, 0.25) is 0 Å². The molecule has 0 spiro atoms. The fourth-order valence-corrected chi connectivity index (χ4v) is 2.51. The Kier molecular flexibility index (Phi) is 4.77. The molecule has 0 saturated carbocycles. The second-order valence-electron chi connectivity index (χ2n) is 5.21. The number of anilines is 1. The van der Waals surface area contributed by atoms with Crippen LogP contribution in [-0.2, 0) is 6.54 Å². The van der Waals surface area contributed by atoms with Gasteiger partial charge in [0.05, 0.1) is 18.3 Å². The maximum atomic E-state index is 5.38. The molecule has 24 heavy (non-hydrogen) atoms. The van der Waals surface area contributed by atoms with E-state index < -0.39 is 0 Å². The lowest BCUT2D eigenvalue weighted by molar-refractivity contribution is 0.518. The number of furan rings is 1. The molecule has 0 bridgehead atoms. The van der Waals surface area contributed by atoms with Crippen LogP contribution < -0.4 is 5.32 Å². The van der Waals surface area contributed by atoms with Crippen molar-refractivity contribution in [1.29, 1.82) is 0 Å². The number of aromatic nitrogens is 2. The number of rotatable bonds is 4. The maximum Gasteiger partial charge on any atom is 0.162 e. The lowest BCUT2D eigenvalue weighted by Crippen LogP contribution is -2.03. The Hall–Kier alpha value is -2.85. The molecule has 0 aliphatic heterocycles. The fraction of sp³-hybridized carbons (Fsp3) is 0.0526. The van der Waals surface area contributed by atoms with Crippen LogP contribution in [0.1, 0.15) is 5.76 Å². The number of hydrogen-bond acceptors (Lipinski definition) is 4. The largest absolute Gasteiger partial charge is 0.467 e. The average Bonchev–Trinajstić information content (AvgIpc) is 3.14. The van der Waals surface area contributed by atoms with E-state index in [1.165, 1.54) is 0 Å². The first-order valence-electron chi connectivity index (χ1n) is 7.48. The van der Waals surface area contributed by atoms with Gasteiger partial charge in [-0.15, -0.1) is 12.4 Å². The van der Waals surface area contributed by atoms with Crippen molar-refractivity contribution < 1.29 is 4.42 Å². The summed E-state index contributed by atoms with van der Waals surface area (Å²) < 4.78 is 5.38. The van der Waals surface area contributed by atoms with Gasteiger partial charge >= 0.3 is 0 Å². The topological polar surface area (TPSA) is 51.0 Å². The zero-order valence-corrected chi connectivity index (χ0v) is 13.7. The highest BCUT2D eigenvalue weighted by Gasteiger charge is 2.09. The molecule has 0 aliphatic rings. The van der Waals surface area contributed by atoms with E-state index in [0.717, 1.165) is 28.0 Å². The highest BCUT2D eigenvalue weighted by molar-refractivity contribution is 5.90. The molecule has 1 N–H and O–H groups in total. The van der Waals surface area contributed by atoms with Crippen LogP contribution in [0.15, 0.2) is 77.4 Å². The second kappa shape index (κ2) is 7.15. The van der Waals surface area contributed by atoms with Crippen molar-refractivity contribution in [1.82, 2.24) is 9.97 Å². The van der Waals surface area contributed by atoms with E-state index in [4.69, 9.17) is 9.40 Å². The van der Waals surface area contributed by atoms with Gasteiger partial charge in [-0.2, -0.15) is 0 Å². The SMILES string of the molecule is Cl.c1ccc(-c2nc(NCc3ccco3)c3ccccc3n2)cc1. The molecule has 0 saturated heterocycles. The summed E-state index contributed by atoms with van der Waals surface area (Å²) in [6.45, 7) is 0.586. The third-order valence-electron chi connectivity index (χ3n) is 3.65. The highest BCUT2D eigenvalue weighted by Crippen LogP contribution is 2.25. The van der Waals surface area contributed by atoms with Gasteiger partial charge in [0.15, 0.2) is 5.82 Å². The van der Waals surface area contributed by atoms with E-state index in [2.05, 4.69) is 10.3 Å². The minimum atomic E-state index is 0. The number of hydrogen-bond donors (Lipinski definition) is 1. The lowest BCUT2D eigenvalue weighted by atomic mass is 10.2. The van der Waals surface area contributed by atoms with Crippen molar-refractivity contribution in [2.45, 2.75) is 6.54 Å². The summed E-state index contributed by atoms with van der Waals surface area (Å²) >= 11 is 0. The standard InChI is InChI=1S/C19H15N3O.ClH/c1-2-7-14(8-3-1)18-21-17-11-5-4-10-16(17)19(22-18)20-13-15-9-6-12-23-15;/h1-12H,13H2,(H,20,21,22);1H. The van der Waals surface area contributed by atoms with E-state index in [-0.39, 0.29) is 12.4 Å². The summed E-state index contributed by atoms with van der Waals surface area (Å²) in [4.78, 5) is 9.38. The van der Waals surface area contributed by atoms with Crippen molar-refractivity contribution in [3.63, 3.8) is 0 Å². The molecule has 120 valence electrons. The van der Waals surface area contributed by atoms with Gasteiger partial charge < -0.3 is 9.73 Å². The van der Waals surface area contributed by atoms with Gasteiger partial charge in [0.2, 0.25) is 0 Å². The molecule has 0 radical (unpaired) electrons. The molecular formula is C19H16ClN3O. The van der Waals surface area contributed by atoms with Crippen LogP contribution in [0, 0.1) is 0 Å². The van der Waals surface area contributed by atoms with Crippen LogP contribution in [0.4, 0.5) is 5.82 Å². The third-order valence-corrected chi connectivity index (χ3v) is 3.65. The normalized spacial score (nSPS) is 10.3. The van der Waals surface area contributed by atoms with Crippen molar-refractivity contribution in [2.24, 2.45) is 0 Å². The quantitative estimate of drug-likeness (QED) is 0.574. The molecule has 4 aromatic rings. The fourth-order valence-electron chi connectivity index (χ4n) is 2.51. The Morgan fingerprint density at radius 1 is 0.833 bits per heavy atom. The Morgan fingerprint density at radius 3 is 2.42 bits per heavy atom. The first-order valence-corrected chi connectivity index (χ1v) is 7.48. The summed E-state index contributed by atoms with van der Waals surface area (Å²) in [6, 6.07) is 21.8. The number of fused-ring (bicyclic) bond motifs is 1. The first-order chi connectivity index (χ1) is 11.4. The van der Waals surface area contributed by atoms with Crippen molar-refractivity contribution >= 4 is 29.1 Å². The number of benzene rings is 2. The van der Waals surface area contributed by atoms with E-state index in [1.807, 2.05) is 66.7 Å². The van der Waals surface area contributed by atoms with Gasteiger partial charge in [-0.3, -0.25) is 0 Å². The Labute approximate surface area is 146 Å². The maximum absolute atomic E-state index is 5.38. The van der Waals surface area contributed by atoms with Gasteiger partial charge in [-0.1, -0.05) is 42.5 Å². The summed E-state index contributed by atoms with van der Waals surface area (Å²) in [6.07, 6.45) is 1.67. The van der Waals surface area contributed by atoms with Crippen LogP contribution in [0.3, 0.4) is 0 Å². The Balaban J connectivity index is 0.00000169. The van der Waals surface area contributed by atoms with E-state index in [0.29, 0.717) is 12.4 Å². The molecular weight excluding hydrogens is 322 g/mol. The molecule has 0 unspecified atom stereocenters. The van der Waals surface area contributed by atoms with Crippen molar-refractivity contribution in [2.75, 3.05) is 5.32 Å². The van der Waals surface area contributed by atoms with E-state index in [9.17, 15) is 0 Å². The molecule has 0 atom stereocenters. The average molecular weight is 338 g/mol. The number of halogens is 1. The monoisotopic (exact) mass is 337 g/mol. The molecule has 2 aromatic heterocycles. The lowest BCUT2D eigenvalue weighted by Gasteiger charge is -2.10. The number of nitrogens with one attached hydrogen (secondary N) is 1. The van der Waals surface area contributed by atoms with Crippen LogP contribution in [0.5, 0.6) is 0 Å². The molecule has 0 fully saturated rings. The van der Waals surface area contributed by atoms with Gasteiger partial charge in [0.1, 0.15) is 11.6 Å². The van der Waals surface area contributed by atoms with Crippen LogP contribution >= 0.6 is 12.4 Å². The zero-order chi connectivity index (χ0) is 15.5. The molecule has 0 aliphatic carbocycles. The predicted molar refractivity (Wildman–Crippen MR) is 98.3 cm³/mol. The molecule has 2 aromatic carbocycles. The molecule has 2 heterocycles. The summed E-state index contributed by atoms with van der Waals surface area (Å²) in [7, 11) is 0. The highest BCUT2D eigenvalue weighted by atomic mass is 35.5. The zero-order valence-electron chi connectivity index (χ0n) is 12.8. The van der Waals surface area contributed by atoms with E-state index in [1.54, 1.807) is 6.26 Å². The van der Waals surface area contributed by atoms with Gasteiger partial charge in [0, 0.05) is 10.9 Å². The predicted octanol–water partition coefficient (Wildman–Crippen LogP) is 4.92. The molecule has 0 amide bonds. The Morgan fingerprint density at radius 2 is 1.62 bits per heavy atom. The Bertz CT molecular complexity index is 924. The summed E-state index contributed by atoms with van der Waals surface area (Å²) in [5.41, 5.74) is 1.92. The van der Waals surface area contributed by atoms with Crippen molar-refractivity contribution in [3.05, 3.63) is 78.8 Å². The third kappa shape index (κ3) is 3.24. The second-order valence-corrected chi connectivity index (χ2v) is 5.21. The van der Waals surface area contributed by atoms with Crippen LogP contribution in [-0.4, -0.2) is 9.97 Å². The number of nitrogens with zero attached hydrogens (tertiary/aromatic N) is 2. The summed E-state index contributed by atoms with van der Waals surface area (Å²) in [5, 5.41) is 4.35. The minimum Gasteiger partial charge on any atom is -0.467 e. The molecule has 4 nitrogen and oxygen atoms in total. The molecule has 5 heteroatoms. The molecule has 4 rings (SSSR count). The number of para-hydroxylation sites is 1. The summed E-state index contributed by atoms with van der Waals surface area (Å²) in [5.74, 6) is 2.39. The first kappa shape index (κ1) is 16.0. The smallest absolute Gasteiger partial charge is 0.162 e.